The second-order valence-corrected chi connectivity index (χ2v) is 5.69. The number of ether oxygens (including phenoxy) is 3. The molecule has 0 spiro atoms. The number of piperidine rings is 3. The normalized spacial score (nSPS) is 31.5. The van der Waals surface area contributed by atoms with Crippen LogP contribution in [0.25, 0.3) is 0 Å². The van der Waals surface area contributed by atoms with E-state index >= 15 is 0 Å². The molecular formula is C15H19NO3. The second kappa shape index (κ2) is 4.60. The molecule has 4 heterocycles. The highest BCUT2D eigenvalue weighted by Crippen LogP contribution is 2.36. The van der Waals surface area contributed by atoms with Gasteiger partial charge in [-0.2, -0.15) is 0 Å². The molecule has 2 bridgehead atoms. The first kappa shape index (κ1) is 11.4. The lowest BCUT2D eigenvalue weighted by atomic mass is 9.83. The van der Waals surface area contributed by atoms with E-state index in [0.717, 1.165) is 29.8 Å². The molecule has 4 aliphatic heterocycles. The van der Waals surface area contributed by atoms with Gasteiger partial charge >= 0.3 is 0 Å². The van der Waals surface area contributed by atoms with E-state index in [9.17, 15) is 0 Å². The molecule has 3 saturated heterocycles. The van der Waals surface area contributed by atoms with E-state index in [1.54, 1.807) is 0 Å². The predicted molar refractivity (Wildman–Crippen MR) is 70.8 cm³/mol. The van der Waals surface area contributed by atoms with Crippen LogP contribution in [0.5, 0.6) is 17.2 Å². The zero-order valence-electron chi connectivity index (χ0n) is 11.0. The maximum absolute atomic E-state index is 5.95. The molecule has 4 nitrogen and oxygen atoms in total. The maximum atomic E-state index is 5.95. The van der Waals surface area contributed by atoms with Crippen molar-refractivity contribution < 1.29 is 14.2 Å². The fourth-order valence-electron chi connectivity index (χ4n) is 3.42. The minimum Gasteiger partial charge on any atom is -0.492 e. The summed E-state index contributed by atoms with van der Waals surface area (Å²) in [4.78, 5) is 2.58. The Bertz CT molecular complexity index is 468. The first-order chi connectivity index (χ1) is 9.38. The van der Waals surface area contributed by atoms with E-state index in [-0.39, 0.29) is 0 Å². The number of nitrogens with zero attached hydrogens (tertiary/aromatic N) is 1. The standard InChI is InChI=1S/C15H19NO3/c1-2-14-15(19-10-18-14)8-13(1)17-9-12-7-11-3-5-16(12)6-4-11/h1-2,8,11-12H,3-7,9-10H2. The molecule has 1 aromatic rings. The van der Waals surface area contributed by atoms with Crippen molar-refractivity contribution in [3.63, 3.8) is 0 Å². The third-order valence-electron chi connectivity index (χ3n) is 4.56. The average molecular weight is 261 g/mol. The summed E-state index contributed by atoms with van der Waals surface area (Å²) in [5.41, 5.74) is 0. The summed E-state index contributed by atoms with van der Waals surface area (Å²) in [6.45, 7) is 3.60. The summed E-state index contributed by atoms with van der Waals surface area (Å²) in [6, 6.07) is 6.41. The molecule has 0 amide bonds. The molecule has 0 aliphatic carbocycles. The van der Waals surface area contributed by atoms with Crippen LogP contribution in [0.4, 0.5) is 0 Å². The molecule has 4 heteroatoms. The number of fused-ring (bicyclic) bond motifs is 4. The Morgan fingerprint density at radius 3 is 2.79 bits per heavy atom. The van der Waals surface area contributed by atoms with Gasteiger partial charge in [-0.3, -0.25) is 4.90 Å². The van der Waals surface area contributed by atoms with Gasteiger partial charge < -0.3 is 14.2 Å². The van der Waals surface area contributed by atoms with Crippen molar-refractivity contribution in [3.05, 3.63) is 18.2 Å². The molecule has 1 unspecified atom stereocenters. The third kappa shape index (κ3) is 2.14. The van der Waals surface area contributed by atoms with Gasteiger partial charge in [-0.05, 0) is 50.4 Å². The van der Waals surface area contributed by atoms with E-state index in [1.165, 1.54) is 32.4 Å². The van der Waals surface area contributed by atoms with E-state index in [4.69, 9.17) is 14.2 Å². The van der Waals surface area contributed by atoms with Gasteiger partial charge in [-0.25, -0.2) is 0 Å². The maximum Gasteiger partial charge on any atom is 0.231 e. The topological polar surface area (TPSA) is 30.9 Å². The molecule has 0 radical (unpaired) electrons. The Balaban J connectivity index is 1.39. The molecule has 3 fully saturated rings. The van der Waals surface area contributed by atoms with Gasteiger partial charge in [0, 0.05) is 12.1 Å². The van der Waals surface area contributed by atoms with Gasteiger partial charge in [0.15, 0.2) is 11.5 Å². The van der Waals surface area contributed by atoms with Gasteiger partial charge in [0.25, 0.3) is 0 Å². The Hall–Kier alpha value is -1.42. The fourth-order valence-corrected chi connectivity index (χ4v) is 3.42. The van der Waals surface area contributed by atoms with E-state index < -0.39 is 0 Å². The van der Waals surface area contributed by atoms with Crippen LogP contribution in [0.1, 0.15) is 19.3 Å². The largest absolute Gasteiger partial charge is 0.492 e. The lowest BCUT2D eigenvalue weighted by Crippen LogP contribution is -2.51. The third-order valence-corrected chi connectivity index (χ3v) is 4.56. The van der Waals surface area contributed by atoms with Crippen molar-refractivity contribution in [2.24, 2.45) is 5.92 Å². The van der Waals surface area contributed by atoms with Crippen molar-refractivity contribution in [2.75, 3.05) is 26.5 Å². The fraction of sp³-hybridized carbons (Fsp3) is 0.600. The van der Waals surface area contributed by atoms with Gasteiger partial charge in [0.05, 0.1) is 0 Å². The molecule has 5 rings (SSSR count). The van der Waals surface area contributed by atoms with Crippen molar-refractivity contribution >= 4 is 0 Å². The van der Waals surface area contributed by atoms with Crippen LogP contribution >= 0.6 is 0 Å². The van der Waals surface area contributed by atoms with Crippen LogP contribution in [-0.2, 0) is 0 Å². The van der Waals surface area contributed by atoms with E-state index in [2.05, 4.69) is 4.90 Å². The van der Waals surface area contributed by atoms with Crippen LogP contribution in [0.3, 0.4) is 0 Å². The molecule has 102 valence electrons. The number of hydrogen-bond donors (Lipinski definition) is 0. The van der Waals surface area contributed by atoms with Crippen LogP contribution in [0.2, 0.25) is 0 Å². The smallest absolute Gasteiger partial charge is 0.231 e. The summed E-state index contributed by atoms with van der Waals surface area (Å²) in [7, 11) is 0. The highest BCUT2D eigenvalue weighted by molar-refractivity contribution is 5.46. The first-order valence-electron chi connectivity index (χ1n) is 7.15. The minimum absolute atomic E-state index is 0.316. The Morgan fingerprint density at radius 2 is 2.00 bits per heavy atom. The van der Waals surface area contributed by atoms with E-state index in [0.29, 0.717) is 12.8 Å². The van der Waals surface area contributed by atoms with Gasteiger partial charge in [0.2, 0.25) is 6.79 Å². The lowest BCUT2D eigenvalue weighted by Gasteiger charge is -2.45. The summed E-state index contributed by atoms with van der Waals surface area (Å²) < 4.78 is 16.6. The molecule has 4 aliphatic rings. The number of benzene rings is 1. The molecular weight excluding hydrogens is 242 g/mol. The zero-order chi connectivity index (χ0) is 12.7. The minimum atomic E-state index is 0.316. The quantitative estimate of drug-likeness (QED) is 0.835. The Morgan fingerprint density at radius 1 is 1.16 bits per heavy atom. The monoisotopic (exact) mass is 261 g/mol. The molecule has 19 heavy (non-hydrogen) atoms. The molecule has 1 atom stereocenters. The predicted octanol–water partition coefficient (Wildman–Crippen LogP) is 2.28. The summed E-state index contributed by atoms with van der Waals surface area (Å²) >= 11 is 0. The summed E-state index contributed by atoms with van der Waals surface area (Å²) in [5, 5.41) is 0. The van der Waals surface area contributed by atoms with Crippen molar-refractivity contribution in [3.8, 4) is 17.2 Å². The van der Waals surface area contributed by atoms with Gasteiger partial charge in [0.1, 0.15) is 12.4 Å². The molecule has 0 saturated carbocycles. The number of hydrogen-bond acceptors (Lipinski definition) is 4. The zero-order valence-corrected chi connectivity index (χ0v) is 11.0. The first-order valence-corrected chi connectivity index (χ1v) is 7.15. The van der Waals surface area contributed by atoms with Gasteiger partial charge in [-0.1, -0.05) is 0 Å². The Kier molecular flexibility index (Phi) is 2.76. The van der Waals surface area contributed by atoms with Crippen molar-refractivity contribution in [1.82, 2.24) is 4.90 Å². The van der Waals surface area contributed by atoms with Crippen LogP contribution in [0, 0.1) is 5.92 Å². The molecule has 0 aromatic heterocycles. The average Bonchev–Trinajstić information content (AvgIpc) is 2.94. The highest BCUT2D eigenvalue weighted by Gasteiger charge is 2.33. The van der Waals surface area contributed by atoms with Crippen molar-refractivity contribution in [1.29, 1.82) is 0 Å². The summed E-state index contributed by atoms with van der Waals surface area (Å²) in [5.74, 6) is 3.41. The van der Waals surface area contributed by atoms with Crippen LogP contribution < -0.4 is 14.2 Å². The SMILES string of the molecule is c1cc2c(cc1OCC1CC3CCN1CC3)OCO2. The van der Waals surface area contributed by atoms with Gasteiger partial charge in [-0.15, -0.1) is 0 Å². The lowest BCUT2D eigenvalue weighted by molar-refractivity contribution is 0.0238. The van der Waals surface area contributed by atoms with E-state index in [1.807, 2.05) is 18.2 Å². The molecule has 0 N–H and O–H groups in total. The highest BCUT2D eigenvalue weighted by atomic mass is 16.7. The van der Waals surface area contributed by atoms with Crippen LogP contribution in [0.15, 0.2) is 18.2 Å². The summed E-state index contributed by atoms with van der Waals surface area (Å²) in [6.07, 6.45) is 4.05. The second-order valence-electron chi connectivity index (χ2n) is 5.69. The Labute approximate surface area is 113 Å². The number of rotatable bonds is 3. The van der Waals surface area contributed by atoms with Crippen LogP contribution in [-0.4, -0.2) is 37.4 Å². The molecule has 1 aromatic carbocycles. The van der Waals surface area contributed by atoms with Crippen molar-refractivity contribution in [2.45, 2.75) is 25.3 Å².